The highest BCUT2D eigenvalue weighted by Gasteiger charge is 2.36. The highest BCUT2D eigenvalue weighted by Crippen LogP contribution is 2.51. The third kappa shape index (κ3) is 1.99. The summed E-state index contributed by atoms with van der Waals surface area (Å²) in [5.41, 5.74) is 7.75. The Morgan fingerprint density at radius 1 is 0.760 bits per heavy atom. The van der Waals surface area contributed by atoms with Gasteiger partial charge in [-0.05, 0) is 51.2 Å². The molecule has 1 aliphatic carbocycles. The van der Waals surface area contributed by atoms with Gasteiger partial charge in [-0.3, -0.25) is 4.98 Å². The topological polar surface area (TPSA) is 12.9 Å². The maximum atomic E-state index is 4.52. The molecule has 0 atom stereocenters. The summed E-state index contributed by atoms with van der Waals surface area (Å²) in [7, 11) is 0. The number of nitrogens with zero attached hydrogens (tertiary/aromatic N) is 1. The Labute approximate surface area is 148 Å². The van der Waals surface area contributed by atoms with Gasteiger partial charge in [0, 0.05) is 17.2 Å². The third-order valence-electron chi connectivity index (χ3n) is 5.50. The van der Waals surface area contributed by atoms with Crippen molar-refractivity contribution in [3.8, 4) is 22.4 Å². The molecule has 1 aromatic heterocycles. The first kappa shape index (κ1) is 14.4. The van der Waals surface area contributed by atoms with E-state index in [0.717, 1.165) is 5.69 Å². The summed E-state index contributed by atoms with van der Waals surface area (Å²) in [5, 5.41) is 2.67. The van der Waals surface area contributed by atoms with Crippen molar-refractivity contribution in [1.29, 1.82) is 0 Å². The SMILES string of the molecule is CC1(C)c2ccc(-c3ccccn3)cc2-c2ccc3ccccc3c21. The molecule has 3 aromatic carbocycles. The predicted molar refractivity (Wildman–Crippen MR) is 105 cm³/mol. The van der Waals surface area contributed by atoms with Crippen molar-refractivity contribution >= 4 is 10.8 Å². The van der Waals surface area contributed by atoms with Gasteiger partial charge in [-0.15, -0.1) is 0 Å². The molecule has 0 aliphatic heterocycles. The number of hydrogen-bond acceptors (Lipinski definition) is 1. The average molecular weight is 321 g/mol. The molecule has 0 amide bonds. The Bertz CT molecular complexity index is 1110. The van der Waals surface area contributed by atoms with Crippen LogP contribution in [0.4, 0.5) is 0 Å². The first-order valence-electron chi connectivity index (χ1n) is 8.75. The van der Waals surface area contributed by atoms with E-state index in [2.05, 4.69) is 79.5 Å². The van der Waals surface area contributed by atoms with Crippen molar-refractivity contribution in [3.63, 3.8) is 0 Å². The molecule has 120 valence electrons. The van der Waals surface area contributed by atoms with E-state index in [1.54, 1.807) is 0 Å². The zero-order chi connectivity index (χ0) is 17.0. The Morgan fingerprint density at radius 3 is 2.44 bits per heavy atom. The van der Waals surface area contributed by atoms with Gasteiger partial charge in [0.1, 0.15) is 0 Å². The lowest BCUT2D eigenvalue weighted by Crippen LogP contribution is -2.15. The van der Waals surface area contributed by atoms with Crippen molar-refractivity contribution in [2.75, 3.05) is 0 Å². The van der Waals surface area contributed by atoms with Crippen LogP contribution in [0.2, 0.25) is 0 Å². The second-order valence-corrected chi connectivity index (χ2v) is 7.31. The van der Waals surface area contributed by atoms with Gasteiger partial charge >= 0.3 is 0 Å². The molecular formula is C24H19N. The average Bonchev–Trinajstić information content (AvgIpc) is 2.90. The summed E-state index contributed by atoms with van der Waals surface area (Å²) in [6.07, 6.45) is 1.86. The molecule has 0 fully saturated rings. The van der Waals surface area contributed by atoms with Crippen LogP contribution in [0.1, 0.15) is 25.0 Å². The van der Waals surface area contributed by atoms with E-state index in [4.69, 9.17) is 0 Å². The minimum absolute atomic E-state index is 0.00811. The highest BCUT2D eigenvalue weighted by atomic mass is 14.7. The van der Waals surface area contributed by atoms with E-state index < -0.39 is 0 Å². The van der Waals surface area contributed by atoms with Gasteiger partial charge in [-0.1, -0.05) is 68.4 Å². The van der Waals surface area contributed by atoms with E-state index in [-0.39, 0.29) is 5.41 Å². The highest BCUT2D eigenvalue weighted by molar-refractivity contribution is 5.98. The molecule has 0 saturated carbocycles. The van der Waals surface area contributed by atoms with E-state index in [1.807, 2.05) is 18.3 Å². The summed E-state index contributed by atoms with van der Waals surface area (Å²) >= 11 is 0. The molecule has 1 aliphatic rings. The molecule has 0 unspecified atom stereocenters. The van der Waals surface area contributed by atoms with Crippen LogP contribution in [0.3, 0.4) is 0 Å². The summed E-state index contributed by atoms with van der Waals surface area (Å²) < 4.78 is 0. The lowest BCUT2D eigenvalue weighted by Gasteiger charge is -2.23. The van der Waals surface area contributed by atoms with Crippen LogP contribution >= 0.6 is 0 Å². The fourth-order valence-corrected chi connectivity index (χ4v) is 4.31. The van der Waals surface area contributed by atoms with Gasteiger partial charge in [0.25, 0.3) is 0 Å². The number of rotatable bonds is 1. The van der Waals surface area contributed by atoms with Crippen LogP contribution in [0, 0.1) is 0 Å². The fraction of sp³-hybridized carbons (Fsp3) is 0.125. The Balaban J connectivity index is 1.81. The molecule has 25 heavy (non-hydrogen) atoms. The first-order chi connectivity index (χ1) is 12.2. The number of fused-ring (bicyclic) bond motifs is 5. The van der Waals surface area contributed by atoms with Crippen LogP contribution in [0.5, 0.6) is 0 Å². The lowest BCUT2D eigenvalue weighted by atomic mass is 9.80. The van der Waals surface area contributed by atoms with Crippen molar-refractivity contribution < 1.29 is 0 Å². The molecule has 1 nitrogen and oxygen atoms in total. The Hall–Kier alpha value is -2.93. The molecule has 0 radical (unpaired) electrons. The van der Waals surface area contributed by atoms with Crippen LogP contribution in [0.15, 0.2) is 79.0 Å². The van der Waals surface area contributed by atoms with Crippen LogP contribution in [0.25, 0.3) is 33.2 Å². The summed E-state index contributed by atoms with van der Waals surface area (Å²) in [6, 6.07) is 26.1. The normalized spacial score (nSPS) is 14.3. The number of aromatic nitrogens is 1. The first-order valence-corrected chi connectivity index (χ1v) is 8.75. The Kier molecular flexibility index (Phi) is 2.90. The van der Waals surface area contributed by atoms with Gasteiger partial charge in [0.15, 0.2) is 0 Å². The maximum Gasteiger partial charge on any atom is 0.0702 e. The second-order valence-electron chi connectivity index (χ2n) is 7.31. The number of pyridine rings is 1. The number of hydrogen-bond donors (Lipinski definition) is 0. The van der Waals surface area contributed by atoms with Crippen LogP contribution < -0.4 is 0 Å². The zero-order valence-electron chi connectivity index (χ0n) is 14.5. The quantitative estimate of drug-likeness (QED) is 0.406. The molecule has 4 aromatic rings. The maximum absolute atomic E-state index is 4.52. The van der Waals surface area contributed by atoms with E-state index >= 15 is 0 Å². The zero-order valence-corrected chi connectivity index (χ0v) is 14.5. The van der Waals surface area contributed by atoms with Gasteiger partial charge in [0.05, 0.1) is 5.69 Å². The predicted octanol–water partition coefficient (Wildman–Crippen LogP) is 6.21. The van der Waals surface area contributed by atoms with Crippen LogP contribution in [-0.4, -0.2) is 4.98 Å². The van der Waals surface area contributed by atoms with Gasteiger partial charge in [-0.2, -0.15) is 0 Å². The monoisotopic (exact) mass is 321 g/mol. The minimum atomic E-state index is 0.00811. The molecule has 0 N–H and O–H groups in total. The standard InChI is InChI=1S/C24H19N/c1-24(2)21-13-11-17(22-9-5-6-14-25-22)15-20(21)19-12-10-16-7-3-4-8-18(16)23(19)24/h3-15H,1-2H3. The largest absolute Gasteiger partial charge is 0.256 e. The summed E-state index contributed by atoms with van der Waals surface area (Å²) in [5.74, 6) is 0. The van der Waals surface area contributed by atoms with E-state index in [1.165, 1.54) is 38.6 Å². The second kappa shape index (κ2) is 5.03. The molecule has 5 rings (SSSR count). The third-order valence-corrected chi connectivity index (χ3v) is 5.50. The molecule has 1 heteroatoms. The summed E-state index contributed by atoms with van der Waals surface area (Å²) in [6.45, 7) is 4.68. The smallest absolute Gasteiger partial charge is 0.0702 e. The van der Waals surface area contributed by atoms with Crippen molar-refractivity contribution in [3.05, 3.63) is 90.1 Å². The van der Waals surface area contributed by atoms with Crippen molar-refractivity contribution in [1.82, 2.24) is 4.98 Å². The molecular weight excluding hydrogens is 302 g/mol. The number of benzene rings is 3. The van der Waals surface area contributed by atoms with Crippen LogP contribution in [-0.2, 0) is 5.41 Å². The molecule has 0 spiro atoms. The van der Waals surface area contributed by atoms with E-state index in [9.17, 15) is 0 Å². The van der Waals surface area contributed by atoms with Gasteiger partial charge in [0.2, 0.25) is 0 Å². The van der Waals surface area contributed by atoms with Gasteiger partial charge < -0.3 is 0 Å². The summed E-state index contributed by atoms with van der Waals surface area (Å²) in [4.78, 5) is 4.52. The molecule has 1 heterocycles. The van der Waals surface area contributed by atoms with Crippen molar-refractivity contribution in [2.45, 2.75) is 19.3 Å². The lowest BCUT2D eigenvalue weighted by molar-refractivity contribution is 0.666. The molecule has 0 saturated heterocycles. The minimum Gasteiger partial charge on any atom is -0.256 e. The van der Waals surface area contributed by atoms with Gasteiger partial charge in [-0.25, -0.2) is 0 Å². The Morgan fingerprint density at radius 2 is 1.60 bits per heavy atom. The fourth-order valence-electron chi connectivity index (χ4n) is 4.31. The van der Waals surface area contributed by atoms with E-state index in [0.29, 0.717) is 0 Å². The molecule has 0 bridgehead atoms. The van der Waals surface area contributed by atoms with Crippen molar-refractivity contribution in [2.24, 2.45) is 0 Å².